The topological polar surface area (TPSA) is 64.6 Å². The standard InChI is InChI=1S/C19H20ClNO4/c1-13(18(22)21-11-14-5-9-17(20)10-6-14)25-19(23)16-7-3-15(4-8-16)12-24-2/h3-10,13H,11-12H2,1-2H3,(H,21,22). The van der Waals surface area contributed by atoms with E-state index in [2.05, 4.69) is 5.32 Å². The molecule has 132 valence electrons. The molecule has 0 aliphatic heterocycles. The predicted molar refractivity (Wildman–Crippen MR) is 95.3 cm³/mol. The summed E-state index contributed by atoms with van der Waals surface area (Å²) in [6.45, 7) is 2.34. The number of esters is 1. The van der Waals surface area contributed by atoms with Crippen molar-refractivity contribution in [3.8, 4) is 0 Å². The first-order valence-corrected chi connectivity index (χ1v) is 8.18. The Bertz CT molecular complexity index is 713. The fourth-order valence-corrected chi connectivity index (χ4v) is 2.25. The van der Waals surface area contributed by atoms with Crippen LogP contribution in [0.25, 0.3) is 0 Å². The molecular weight excluding hydrogens is 342 g/mol. The van der Waals surface area contributed by atoms with Crippen LogP contribution in [0.1, 0.15) is 28.4 Å². The fraction of sp³-hybridized carbons (Fsp3) is 0.263. The number of nitrogens with one attached hydrogen (secondary N) is 1. The van der Waals surface area contributed by atoms with Crippen LogP contribution in [0.4, 0.5) is 0 Å². The molecule has 2 rings (SSSR count). The average Bonchev–Trinajstić information content (AvgIpc) is 2.61. The van der Waals surface area contributed by atoms with Gasteiger partial charge in [0.25, 0.3) is 5.91 Å². The van der Waals surface area contributed by atoms with E-state index in [-0.39, 0.29) is 5.91 Å². The minimum absolute atomic E-state index is 0.337. The molecule has 0 aliphatic carbocycles. The summed E-state index contributed by atoms with van der Waals surface area (Å²) >= 11 is 5.82. The highest BCUT2D eigenvalue weighted by atomic mass is 35.5. The molecule has 25 heavy (non-hydrogen) atoms. The molecule has 0 fully saturated rings. The van der Waals surface area contributed by atoms with Crippen molar-refractivity contribution in [2.45, 2.75) is 26.2 Å². The first-order chi connectivity index (χ1) is 12.0. The predicted octanol–water partition coefficient (Wildman–Crippen LogP) is 3.35. The SMILES string of the molecule is COCc1ccc(C(=O)OC(C)C(=O)NCc2ccc(Cl)cc2)cc1. The maximum atomic E-state index is 12.1. The highest BCUT2D eigenvalue weighted by Crippen LogP contribution is 2.10. The van der Waals surface area contributed by atoms with Gasteiger partial charge in [-0.05, 0) is 42.3 Å². The first-order valence-electron chi connectivity index (χ1n) is 7.80. The van der Waals surface area contributed by atoms with E-state index in [0.717, 1.165) is 11.1 Å². The van der Waals surface area contributed by atoms with Crippen molar-refractivity contribution >= 4 is 23.5 Å². The van der Waals surface area contributed by atoms with Gasteiger partial charge in [-0.2, -0.15) is 0 Å². The molecule has 0 saturated carbocycles. The van der Waals surface area contributed by atoms with Crippen molar-refractivity contribution in [2.24, 2.45) is 0 Å². The summed E-state index contributed by atoms with van der Waals surface area (Å²) in [4.78, 5) is 24.2. The van der Waals surface area contributed by atoms with Crippen LogP contribution in [0.2, 0.25) is 5.02 Å². The molecule has 2 aromatic rings. The lowest BCUT2D eigenvalue weighted by atomic mass is 10.1. The molecular formula is C19H20ClNO4. The Morgan fingerprint density at radius 3 is 2.24 bits per heavy atom. The summed E-state index contributed by atoms with van der Waals surface area (Å²) in [6, 6.07) is 14.0. The van der Waals surface area contributed by atoms with Gasteiger partial charge in [0.15, 0.2) is 6.10 Å². The molecule has 0 heterocycles. The second-order valence-electron chi connectivity index (χ2n) is 5.52. The third-order valence-electron chi connectivity index (χ3n) is 3.53. The molecule has 0 saturated heterocycles. The van der Waals surface area contributed by atoms with E-state index in [1.165, 1.54) is 6.92 Å². The quantitative estimate of drug-likeness (QED) is 0.768. The van der Waals surface area contributed by atoms with Crippen molar-refractivity contribution < 1.29 is 19.1 Å². The summed E-state index contributed by atoms with van der Waals surface area (Å²) in [7, 11) is 1.60. The largest absolute Gasteiger partial charge is 0.449 e. The van der Waals surface area contributed by atoms with E-state index < -0.39 is 12.1 Å². The van der Waals surface area contributed by atoms with Crippen molar-refractivity contribution in [3.05, 3.63) is 70.2 Å². The van der Waals surface area contributed by atoms with Crippen molar-refractivity contribution in [1.29, 1.82) is 0 Å². The number of amides is 1. The molecule has 1 N–H and O–H groups in total. The number of ether oxygens (including phenoxy) is 2. The Morgan fingerprint density at radius 2 is 1.64 bits per heavy atom. The van der Waals surface area contributed by atoms with Gasteiger partial charge in [0.2, 0.25) is 0 Å². The maximum Gasteiger partial charge on any atom is 0.338 e. The lowest BCUT2D eigenvalue weighted by molar-refractivity contribution is -0.129. The van der Waals surface area contributed by atoms with Gasteiger partial charge >= 0.3 is 5.97 Å². The number of halogens is 1. The Hall–Kier alpha value is -2.37. The molecule has 1 atom stereocenters. The van der Waals surface area contributed by atoms with Crippen LogP contribution in [0.5, 0.6) is 0 Å². The van der Waals surface area contributed by atoms with Crippen LogP contribution in [0.15, 0.2) is 48.5 Å². The summed E-state index contributed by atoms with van der Waals surface area (Å²) in [5.41, 5.74) is 2.25. The molecule has 0 bridgehead atoms. The number of carbonyl (C=O) groups excluding carboxylic acids is 2. The smallest absolute Gasteiger partial charge is 0.338 e. The summed E-state index contributed by atoms with van der Waals surface area (Å²) < 4.78 is 10.2. The molecule has 0 radical (unpaired) electrons. The van der Waals surface area contributed by atoms with Gasteiger partial charge in [0.1, 0.15) is 0 Å². The van der Waals surface area contributed by atoms with E-state index in [1.54, 1.807) is 43.5 Å². The highest BCUT2D eigenvalue weighted by Gasteiger charge is 2.18. The van der Waals surface area contributed by atoms with Gasteiger partial charge in [0.05, 0.1) is 12.2 Å². The van der Waals surface area contributed by atoms with Crippen LogP contribution in [0, 0.1) is 0 Å². The Morgan fingerprint density at radius 1 is 1.04 bits per heavy atom. The lowest BCUT2D eigenvalue weighted by Crippen LogP contribution is -2.35. The highest BCUT2D eigenvalue weighted by molar-refractivity contribution is 6.30. The molecule has 0 spiro atoms. The minimum atomic E-state index is -0.890. The molecule has 1 amide bonds. The zero-order valence-corrected chi connectivity index (χ0v) is 14.9. The number of benzene rings is 2. The summed E-state index contributed by atoms with van der Waals surface area (Å²) in [5.74, 6) is -0.905. The Kier molecular flexibility index (Phi) is 6.98. The zero-order chi connectivity index (χ0) is 18.2. The second-order valence-corrected chi connectivity index (χ2v) is 5.96. The first kappa shape index (κ1) is 19.0. The van der Waals surface area contributed by atoms with Gasteiger partial charge in [0, 0.05) is 18.7 Å². The summed E-state index contributed by atoms with van der Waals surface area (Å²) in [6.07, 6.45) is -0.890. The minimum Gasteiger partial charge on any atom is -0.449 e. The van der Waals surface area contributed by atoms with Crippen LogP contribution in [0.3, 0.4) is 0 Å². The fourth-order valence-electron chi connectivity index (χ4n) is 2.12. The van der Waals surface area contributed by atoms with Crippen LogP contribution >= 0.6 is 11.6 Å². The van der Waals surface area contributed by atoms with Gasteiger partial charge in [-0.25, -0.2) is 4.79 Å². The van der Waals surface area contributed by atoms with Crippen molar-refractivity contribution in [3.63, 3.8) is 0 Å². The van der Waals surface area contributed by atoms with Gasteiger partial charge in [-0.1, -0.05) is 35.9 Å². The normalized spacial score (nSPS) is 11.6. The number of hydrogen-bond acceptors (Lipinski definition) is 4. The van der Waals surface area contributed by atoms with Crippen molar-refractivity contribution in [2.75, 3.05) is 7.11 Å². The van der Waals surface area contributed by atoms with E-state index in [1.807, 2.05) is 12.1 Å². The van der Waals surface area contributed by atoms with Gasteiger partial charge in [-0.15, -0.1) is 0 Å². The average molecular weight is 362 g/mol. The van der Waals surface area contributed by atoms with Crippen LogP contribution < -0.4 is 5.32 Å². The van der Waals surface area contributed by atoms with Crippen LogP contribution in [-0.2, 0) is 27.4 Å². The molecule has 0 aromatic heterocycles. The monoisotopic (exact) mass is 361 g/mol. The van der Waals surface area contributed by atoms with Crippen molar-refractivity contribution in [1.82, 2.24) is 5.32 Å². The Labute approximate surface area is 151 Å². The van der Waals surface area contributed by atoms with E-state index in [9.17, 15) is 9.59 Å². The molecule has 0 aliphatic rings. The molecule has 2 aromatic carbocycles. The van der Waals surface area contributed by atoms with E-state index in [0.29, 0.717) is 23.7 Å². The second kappa shape index (κ2) is 9.20. The van der Waals surface area contributed by atoms with Crippen LogP contribution in [-0.4, -0.2) is 25.1 Å². The number of methoxy groups -OCH3 is 1. The molecule has 6 heteroatoms. The van der Waals surface area contributed by atoms with E-state index >= 15 is 0 Å². The molecule has 1 unspecified atom stereocenters. The summed E-state index contributed by atoms with van der Waals surface area (Å²) in [5, 5.41) is 3.36. The third kappa shape index (κ3) is 5.89. The molecule has 5 nitrogen and oxygen atoms in total. The van der Waals surface area contributed by atoms with Gasteiger partial charge < -0.3 is 14.8 Å². The lowest BCUT2D eigenvalue weighted by Gasteiger charge is -2.14. The number of carbonyl (C=O) groups is 2. The number of rotatable bonds is 7. The third-order valence-corrected chi connectivity index (χ3v) is 3.79. The number of hydrogen-bond donors (Lipinski definition) is 1. The van der Waals surface area contributed by atoms with E-state index in [4.69, 9.17) is 21.1 Å². The zero-order valence-electron chi connectivity index (χ0n) is 14.1. The van der Waals surface area contributed by atoms with Gasteiger partial charge in [-0.3, -0.25) is 4.79 Å². The maximum absolute atomic E-state index is 12.1. The Balaban J connectivity index is 1.84.